The quantitative estimate of drug-likeness (QED) is 0.621. The molecular formula is C17H21NO5. The Balaban J connectivity index is 2.76. The average molecular weight is 319 g/mol. The smallest absolute Gasteiger partial charge is 0.408 e. The maximum Gasteiger partial charge on any atom is 0.408 e. The molecule has 0 fully saturated rings. The van der Waals surface area contributed by atoms with E-state index in [-0.39, 0.29) is 12.2 Å². The summed E-state index contributed by atoms with van der Waals surface area (Å²) in [5.74, 6) is -1.37. The third kappa shape index (κ3) is 6.34. The van der Waals surface area contributed by atoms with Gasteiger partial charge in [-0.05, 0) is 32.4 Å². The molecule has 0 saturated carbocycles. The van der Waals surface area contributed by atoms with Gasteiger partial charge in [-0.1, -0.05) is 30.8 Å². The summed E-state index contributed by atoms with van der Waals surface area (Å²) in [6, 6.07) is 5.34. The summed E-state index contributed by atoms with van der Waals surface area (Å²) in [7, 11) is 0. The van der Waals surface area contributed by atoms with Gasteiger partial charge in [0.1, 0.15) is 11.6 Å². The van der Waals surface area contributed by atoms with Crippen LogP contribution in [0, 0.1) is 0 Å². The lowest BCUT2D eigenvalue weighted by Crippen LogP contribution is -2.44. The molecule has 0 radical (unpaired) electrons. The number of nitrogens with one attached hydrogen (secondary N) is 1. The molecule has 6 heteroatoms. The van der Waals surface area contributed by atoms with Crippen LogP contribution in [-0.2, 0) is 16.0 Å². The molecule has 1 atom stereocenters. The van der Waals surface area contributed by atoms with Gasteiger partial charge in [0, 0.05) is 12.0 Å². The molecule has 6 nitrogen and oxygen atoms in total. The van der Waals surface area contributed by atoms with Crippen LogP contribution < -0.4 is 5.32 Å². The van der Waals surface area contributed by atoms with Crippen molar-refractivity contribution in [2.24, 2.45) is 0 Å². The number of ether oxygens (including phenoxy) is 1. The molecule has 1 aromatic rings. The Morgan fingerprint density at radius 3 is 2.26 bits per heavy atom. The number of aliphatic carboxylic acids is 1. The van der Waals surface area contributed by atoms with Crippen molar-refractivity contribution in [3.05, 3.63) is 48.0 Å². The molecule has 1 rings (SSSR count). The molecule has 0 aliphatic carbocycles. The number of benzene rings is 1. The fourth-order valence-corrected chi connectivity index (χ4v) is 1.81. The molecule has 0 bridgehead atoms. The minimum Gasteiger partial charge on any atom is -0.480 e. The molecule has 1 amide bonds. The molecule has 0 spiro atoms. The maximum atomic E-state index is 11.7. The van der Waals surface area contributed by atoms with Crippen LogP contribution in [0.2, 0.25) is 0 Å². The number of hydrogen-bond donors (Lipinski definition) is 2. The van der Waals surface area contributed by atoms with E-state index in [1.54, 1.807) is 45.0 Å². The first-order chi connectivity index (χ1) is 10.6. The van der Waals surface area contributed by atoms with Gasteiger partial charge in [0.05, 0.1) is 0 Å². The highest BCUT2D eigenvalue weighted by molar-refractivity contribution is 6.04. The summed E-state index contributed by atoms with van der Waals surface area (Å²) in [4.78, 5) is 34.4. The number of carbonyl (C=O) groups is 3. The van der Waals surface area contributed by atoms with Crippen molar-refractivity contribution < 1.29 is 24.2 Å². The Labute approximate surface area is 135 Å². The summed E-state index contributed by atoms with van der Waals surface area (Å²) in [6.07, 6.45) is 0.499. The Morgan fingerprint density at radius 2 is 1.83 bits per heavy atom. The summed E-state index contributed by atoms with van der Waals surface area (Å²) >= 11 is 0. The predicted molar refractivity (Wildman–Crippen MR) is 85.5 cm³/mol. The third-order valence-electron chi connectivity index (χ3n) is 2.85. The molecule has 0 aromatic heterocycles. The highest BCUT2D eigenvalue weighted by Crippen LogP contribution is 2.10. The minimum atomic E-state index is -1.16. The van der Waals surface area contributed by atoms with Crippen molar-refractivity contribution in [3.63, 3.8) is 0 Å². The Morgan fingerprint density at radius 1 is 1.26 bits per heavy atom. The second-order valence-corrected chi connectivity index (χ2v) is 6.01. The molecular weight excluding hydrogens is 298 g/mol. The lowest BCUT2D eigenvalue weighted by Gasteiger charge is -2.22. The van der Waals surface area contributed by atoms with Crippen molar-refractivity contribution in [3.8, 4) is 0 Å². The minimum absolute atomic E-state index is 0.0805. The third-order valence-corrected chi connectivity index (χ3v) is 2.85. The topological polar surface area (TPSA) is 92.7 Å². The normalized spacial score (nSPS) is 12.1. The SMILES string of the molecule is C=CC(=O)c1ccc(CC(NC(=O)OC(C)(C)C)C(=O)O)cc1. The van der Waals surface area contributed by atoms with Crippen LogP contribution in [0.1, 0.15) is 36.7 Å². The van der Waals surface area contributed by atoms with Crippen LogP contribution in [0.5, 0.6) is 0 Å². The summed E-state index contributed by atoms with van der Waals surface area (Å²) in [6.45, 7) is 8.48. The first-order valence-corrected chi connectivity index (χ1v) is 7.10. The van der Waals surface area contributed by atoms with Crippen LogP contribution in [0.25, 0.3) is 0 Å². The van der Waals surface area contributed by atoms with E-state index >= 15 is 0 Å². The van der Waals surface area contributed by atoms with Crippen molar-refractivity contribution in [2.45, 2.75) is 38.8 Å². The van der Waals surface area contributed by atoms with Crippen LogP contribution >= 0.6 is 0 Å². The average Bonchev–Trinajstić information content (AvgIpc) is 2.44. The van der Waals surface area contributed by atoms with Gasteiger partial charge in [-0.3, -0.25) is 4.79 Å². The summed E-state index contributed by atoms with van der Waals surface area (Å²) < 4.78 is 5.05. The Kier molecular flexibility index (Phi) is 6.07. The molecule has 0 heterocycles. The van der Waals surface area contributed by atoms with Crippen molar-refractivity contribution in [1.82, 2.24) is 5.32 Å². The van der Waals surface area contributed by atoms with E-state index in [4.69, 9.17) is 4.74 Å². The van der Waals surface area contributed by atoms with E-state index in [1.807, 2.05) is 0 Å². The summed E-state index contributed by atoms with van der Waals surface area (Å²) in [5, 5.41) is 11.6. The van der Waals surface area contributed by atoms with Gasteiger partial charge in [0.25, 0.3) is 0 Å². The fraction of sp³-hybridized carbons (Fsp3) is 0.353. The fourth-order valence-electron chi connectivity index (χ4n) is 1.81. The van der Waals surface area contributed by atoms with Crippen molar-refractivity contribution in [1.29, 1.82) is 0 Å². The first kappa shape index (κ1) is 18.4. The molecule has 23 heavy (non-hydrogen) atoms. The van der Waals surface area contributed by atoms with Gasteiger partial charge >= 0.3 is 12.1 Å². The van der Waals surface area contributed by atoms with Gasteiger partial charge in [-0.2, -0.15) is 0 Å². The molecule has 1 aromatic carbocycles. The zero-order valence-corrected chi connectivity index (χ0v) is 13.5. The highest BCUT2D eigenvalue weighted by Gasteiger charge is 2.24. The molecule has 124 valence electrons. The first-order valence-electron chi connectivity index (χ1n) is 7.10. The van der Waals surface area contributed by atoms with Crippen LogP contribution in [0.15, 0.2) is 36.9 Å². The van der Waals surface area contributed by atoms with E-state index in [9.17, 15) is 19.5 Å². The number of rotatable bonds is 6. The monoisotopic (exact) mass is 319 g/mol. The maximum absolute atomic E-state index is 11.7. The Hall–Kier alpha value is -2.63. The van der Waals surface area contributed by atoms with Gasteiger partial charge < -0.3 is 15.2 Å². The lowest BCUT2D eigenvalue weighted by molar-refractivity contribution is -0.139. The van der Waals surface area contributed by atoms with Crippen LogP contribution in [0.4, 0.5) is 4.79 Å². The van der Waals surface area contributed by atoms with Crippen LogP contribution in [0.3, 0.4) is 0 Å². The number of alkyl carbamates (subject to hydrolysis) is 1. The van der Waals surface area contributed by atoms with Gasteiger partial charge in [-0.25, -0.2) is 9.59 Å². The van der Waals surface area contributed by atoms with Gasteiger partial charge in [0.15, 0.2) is 5.78 Å². The molecule has 1 unspecified atom stereocenters. The number of allylic oxidation sites excluding steroid dienone is 1. The number of carboxylic acid groups (broad SMARTS) is 1. The Bertz CT molecular complexity index is 598. The van der Waals surface area contributed by atoms with E-state index in [0.29, 0.717) is 11.1 Å². The second kappa shape index (κ2) is 7.58. The number of carboxylic acids is 1. The zero-order chi connectivity index (χ0) is 17.6. The van der Waals surface area contributed by atoms with Crippen molar-refractivity contribution >= 4 is 17.8 Å². The van der Waals surface area contributed by atoms with E-state index in [0.717, 1.165) is 0 Å². The van der Waals surface area contributed by atoms with Crippen LogP contribution in [-0.4, -0.2) is 34.6 Å². The van der Waals surface area contributed by atoms with E-state index < -0.39 is 23.7 Å². The largest absolute Gasteiger partial charge is 0.480 e. The van der Waals surface area contributed by atoms with E-state index in [1.165, 1.54) is 6.08 Å². The van der Waals surface area contributed by atoms with E-state index in [2.05, 4.69) is 11.9 Å². The standard InChI is InChI=1S/C17H21NO5/c1-5-14(19)12-8-6-11(7-9-12)10-13(15(20)21)18-16(22)23-17(2,3)4/h5-9,13H,1,10H2,2-4H3,(H,18,22)(H,20,21). The highest BCUT2D eigenvalue weighted by atomic mass is 16.6. The lowest BCUT2D eigenvalue weighted by atomic mass is 10.0. The van der Waals surface area contributed by atoms with Gasteiger partial charge in [0.2, 0.25) is 0 Å². The predicted octanol–water partition coefficient (Wildman–Crippen LogP) is 2.58. The zero-order valence-electron chi connectivity index (χ0n) is 13.5. The number of amides is 1. The summed E-state index contributed by atoms with van der Waals surface area (Å²) in [5.41, 5.74) is 0.435. The number of ketones is 1. The number of hydrogen-bond acceptors (Lipinski definition) is 4. The molecule has 0 aliphatic rings. The van der Waals surface area contributed by atoms with Crippen molar-refractivity contribution in [2.75, 3.05) is 0 Å². The molecule has 0 aliphatic heterocycles. The molecule has 2 N–H and O–H groups in total. The molecule has 0 saturated heterocycles. The second-order valence-electron chi connectivity index (χ2n) is 6.01. The number of carbonyl (C=O) groups excluding carboxylic acids is 2. The van der Waals surface area contributed by atoms with Gasteiger partial charge in [-0.15, -0.1) is 0 Å².